The summed E-state index contributed by atoms with van der Waals surface area (Å²) in [4.78, 5) is 25.7. The molecule has 1 N–H and O–H groups in total. The van der Waals surface area contributed by atoms with Gasteiger partial charge in [-0.3, -0.25) is 4.79 Å². The van der Waals surface area contributed by atoms with Crippen LogP contribution in [0.25, 0.3) is 0 Å². The first-order valence-electron chi connectivity index (χ1n) is 7.73. The van der Waals surface area contributed by atoms with Gasteiger partial charge in [0.1, 0.15) is 0 Å². The summed E-state index contributed by atoms with van der Waals surface area (Å²) >= 11 is 0. The summed E-state index contributed by atoms with van der Waals surface area (Å²) in [5.74, 6) is -1.22. The molecule has 0 radical (unpaired) electrons. The second-order valence-corrected chi connectivity index (χ2v) is 5.20. The molecule has 116 valence electrons. The molecular formula is C17H25NO3. The molecule has 21 heavy (non-hydrogen) atoms. The van der Waals surface area contributed by atoms with Crippen LogP contribution in [-0.4, -0.2) is 35.0 Å². The Morgan fingerprint density at radius 2 is 1.52 bits per heavy atom. The smallest absolute Gasteiger partial charge is 0.336 e. The summed E-state index contributed by atoms with van der Waals surface area (Å²) in [5.41, 5.74) is 0.372. The third-order valence-electron chi connectivity index (χ3n) is 3.49. The van der Waals surface area contributed by atoms with Crippen molar-refractivity contribution in [1.82, 2.24) is 4.90 Å². The third kappa shape index (κ3) is 5.21. The van der Waals surface area contributed by atoms with Crippen molar-refractivity contribution in [2.45, 2.75) is 46.0 Å². The van der Waals surface area contributed by atoms with Gasteiger partial charge in [-0.05, 0) is 25.0 Å². The third-order valence-corrected chi connectivity index (χ3v) is 3.49. The molecule has 0 fully saturated rings. The Morgan fingerprint density at radius 3 is 2.10 bits per heavy atom. The first kappa shape index (κ1) is 17.2. The van der Waals surface area contributed by atoms with Crippen molar-refractivity contribution in [2.24, 2.45) is 0 Å². The zero-order chi connectivity index (χ0) is 15.7. The van der Waals surface area contributed by atoms with E-state index in [2.05, 4.69) is 13.8 Å². The van der Waals surface area contributed by atoms with Crippen molar-refractivity contribution in [1.29, 1.82) is 0 Å². The van der Waals surface area contributed by atoms with E-state index in [9.17, 15) is 14.7 Å². The SMILES string of the molecule is CCCCCN(CCCC)C(=O)c1ccccc1C(=O)O. The highest BCUT2D eigenvalue weighted by molar-refractivity contribution is 6.04. The number of nitrogens with zero attached hydrogens (tertiary/aromatic N) is 1. The van der Waals surface area contributed by atoms with E-state index >= 15 is 0 Å². The number of carboxylic acids is 1. The molecule has 1 amide bonds. The number of unbranched alkanes of at least 4 members (excludes halogenated alkanes) is 3. The minimum Gasteiger partial charge on any atom is -0.478 e. The summed E-state index contributed by atoms with van der Waals surface area (Å²) in [5, 5.41) is 9.22. The van der Waals surface area contributed by atoms with Gasteiger partial charge < -0.3 is 10.0 Å². The normalized spacial score (nSPS) is 10.4. The number of carbonyl (C=O) groups excluding carboxylic acids is 1. The Balaban J connectivity index is 2.90. The van der Waals surface area contributed by atoms with Crippen LogP contribution in [0.15, 0.2) is 24.3 Å². The zero-order valence-corrected chi connectivity index (χ0v) is 13.0. The van der Waals surface area contributed by atoms with Gasteiger partial charge in [0.05, 0.1) is 11.1 Å². The number of hydrogen-bond acceptors (Lipinski definition) is 2. The highest BCUT2D eigenvalue weighted by Gasteiger charge is 2.20. The molecule has 0 aromatic heterocycles. The van der Waals surface area contributed by atoms with Crippen molar-refractivity contribution < 1.29 is 14.7 Å². The molecular weight excluding hydrogens is 266 g/mol. The van der Waals surface area contributed by atoms with E-state index in [1.807, 2.05) is 0 Å². The number of rotatable bonds is 9. The molecule has 0 saturated heterocycles. The van der Waals surface area contributed by atoms with Crippen molar-refractivity contribution in [3.05, 3.63) is 35.4 Å². The maximum absolute atomic E-state index is 12.6. The van der Waals surface area contributed by atoms with Crippen LogP contribution in [0.4, 0.5) is 0 Å². The van der Waals surface area contributed by atoms with Gasteiger partial charge in [0.2, 0.25) is 0 Å². The predicted octanol–water partition coefficient (Wildman–Crippen LogP) is 3.82. The van der Waals surface area contributed by atoms with Gasteiger partial charge in [0, 0.05) is 13.1 Å². The van der Waals surface area contributed by atoms with Gasteiger partial charge in [-0.2, -0.15) is 0 Å². The van der Waals surface area contributed by atoms with Crippen molar-refractivity contribution >= 4 is 11.9 Å². The molecule has 0 bridgehead atoms. The van der Waals surface area contributed by atoms with Crippen LogP contribution in [0.2, 0.25) is 0 Å². The molecule has 0 aliphatic rings. The number of carboxylic acid groups (broad SMARTS) is 1. The number of amides is 1. The van der Waals surface area contributed by atoms with Gasteiger partial charge in [-0.25, -0.2) is 4.79 Å². The summed E-state index contributed by atoms with van der Waals surface area (Å²) in [6.45, 7) is 5.59. The quantitative estimate of drug-likeness (QED) is 0.704. The van der Waals surface area contributed by atoms with Crippen LogP contribution in [0, 0.1) is 0 Å². The van der Waals surface area contributed by atoms with Gasteiger partial charge in [-0.15, -0.1) is 0 Å². The standard InChI is InChI=1S/C17H25NO3/c1-3-5-9-13-18(12-6-4-2)16(19)14-10-7-8-11-15(14)17(20)21/h7-8,10-11H,3-6,9,12-13H2,1-2H3,(H,20,21). The molecule has 1 aromatic rings. The molecule has 4 nitrogen and oxygen atoms in total. The number of benzene rings is 1. The van der Waals surface area contributed by atoms with Gasteiger partial charge in [0.25, 0.3) is 5.91 Å². The fourth-order valence-corrected chi connectivity index (χ4v) is 2.24. The van der Waals surface area contributed by atoms with Gasteiger partial charge in [-0.1, -0.05) is 45.2 Å². The minimum absolute atomic E-state index is 0.0829. The number of carbonyl (C=O) groups is 2. The monoisotopic (exact) mass is 291 g/mol. The lowest BCUT2D eigenvalue weighted by atomic mass is 10.1. The molecule has 0 spiro atoms. The van der Waals surface area contributed by atoms with E-state index < -0.39 is 5.97 Å². The molecule has 1 aromatic carbocycles. The molecule has 1 rings (SSSR count). The van der Waals surface area contributed by atoms with Crippen LogP contribution < -0.4 is 0 Å². The van der Waals surface area contributed by atoms with Crippen LogP contribution in [0.5, 0.6) is 0 Å². The van der Waals surface area contributed by atoms with E-state index in [4.69, 9.17) is 0 Å². The van der Waals surface area contributed by atoms with E-state index in [0.717, 1.165) is 32.1 Å². The fourth-order valence-electron chi connectivity index (χ4n) is 2.24. The Labute approximate surface area is 126 Å². The topological polar surface area (TPSA) is 57.6 Å². The molecule has 0 heterocycles. The Kier molecular flexibility index (Phi) is 7.51. The number of hydrogen-bond donors (Lipinski definition) is 1. The lowest BCUT2D eigenvalue weighted by molar-refractivity contribution is 0.0673. The Bertz CT molecular complexity index is 471. The summed E-state index contributed by atoms with van der Waals surface area (Å²) in [6, 6.07) is 6.45. The largest absolute Gasteiger partial charge is 0.478 e. The summed E-state index contributed by atoms with van der Waals surface area (Å²) < 4.78 is 0. The van der Waals surface area contributed by atoms with E-state index in [-0.39, 0.29) is 17.0 Å². The average molecular weight is 291 g/mol. The van der Waals surface area contributed by atoms with Crippen LogP contribution in [-0.2, 0) is 0 Å². The summed E-state index contributed by atoms with van der Waals surface area (Å²) in [6.07, 6.45) is 5.09. The molecule has 4 heteroatoms. The second kappa shape index (κ2) is 9.16. The van der Waals surface area contributed by atoms with E-state index in [1.165, 1.54) is 6.07 Å². The predicted molar refractivity (Wildman–Crippen MR) is 83.7 cm³/mol. The lowest BCUT2D eigenvalue weighted by Crippen LogP contribution is -2.34. The van der Waals surface area contributed by atoms with Crippen molar-refractivity contribution in [3.8, 4) is 0 Å². The van der Waals surface area contributed by atoms with E-state index in [0.29, 0.717) is 13.1 Å². The van der Waals surface area contributed by atoms with E-state index in [1.54, 1.807) is 23.1 Å². The Hall–Kier alpha value is -1.84. The first-order chi connectivity index (χ1) is 10.1. The highest BCUT2D eigenvalue weighted by Crippen LogP contribution is 2.14. The average Bonchev–Trinajstić information content (AvgIpc) is 2.50. The van der Waals surface area contributed by atoms with Crippen LogP contribution in [0.3, 0.4) is 0 Å². The molecule has 0 atom stereocenters. The van der Waals surface area contributed by atoms with Crippen LogP contribution >= 0.6 is 0 Å². The van der Waals surface area contributed by atoms with Crippen LogP contribution in [0.1, 0.15) is 66.7 Å². The Morgan fingerprint density at radius 1 is 0.952 bits per heavy atom. The minimum atomic E-state index is -1.05. The number of aromatic carboxylic acids is 1. The summed E-state index contributed by atoms with van der Waals surface area (Å²) in [7, 11) is 0. The van der Waals surface area contributed by atoms with Crippen molar-refractivity contribution in [3.63, 3.8) is 0 Å². The fraction of sp³-hybridized carbons (Fsp3) is 0.529. The zero-order valence-electron chi connectivity index (χ0n) is 13.0. The lowest BCUT2D eigenvalue weighted by Gasteiger charge is -2.23. The molecule has 0 aliphatic carbocycles. The van der Waals surface area contributed by atoms with Gasteiger partial charge in [0.15, 0.2) is 0 Å². The van der Waals surface area contributed by atoms with Gasteiger partial charge >= 0.3 is 5.97 Å². The maximum atomic E-state index is 12.6. The molecule has 0 saturated carbocycles. The van der Waals surface area contributed by atoms with Crippen molar-refractivity contribution in [2.75, 3.05) is 13.1 Å². The highest BCUT2D eigenvalue weighted by atomic mass is 16.4. The second-order valence-electron chi connectivity index (χ2n) is 5.20. The first-order valence-corrected chi connectivity index (χ1v) is 7.73. The maximum Gasteiger partial charge on any atom is 0.336 e. The molecule has 0 unspecified atom stereocenters. The molecule has 0 aliphatic heterocycles.